The van der Waals surface area contributed by atoms with Crippen LogP contribution in [0.4, 0.5) is 0 Å². The van der Waals surface area contributed by atoms with Crippen molar-refractivity contribution in [2.45, 2.75) is 25.5 Å². The molecule has 9 heavy (non-hydrogen) atoms. The lowest BCUT2D eigenvalue weighted by Crippen LogP contribution is -2.40. The second-order valence-corrected chi connectivity index (χ2v) is 5.90. The summed E-state index contributed by atoms with van der Waals surface area (Å²) in [5, 5.41) is 0.414. The molecule has 0 N–H and O–H groups in total. The third kappa shape index (κ3) is 1.13. The van der Waals surface area contributed by atoms with E-state index in [0.717, 1.165) is 12.2 Å². The SMILES string of the molecule is C=S1(=O)CCC1C(C)C. The molecular formula is C7H14OS. The highest BCUT2D eigenvalue weighted by Crippen LogP contribution is 2.26. The maximum atomic E-state index is 11.3. The van der Waals surface area contributed by atoms with Gasteiger partial charge < -0.3 is 0 Å². The zero-order chi connectivity index (χ0) is 7.07. The van der Waals surface area contributed by atoms with E-state index in [4.69, 9.17) is 0 Å². The van der Waals surface area contributed by atoms with Gasteiger partial charge in [-0.3, -0.25) is 4.21 Å². The van der Waals surface area contributed by atoms with Gasteiger partial charge >= 0.3 is 0 Å². The van der Waals surface area contributed by atoms with Crippen LogP contribution >= 0.6 is 0 Å². The van der Waals surface area contributed by atoms with Gasteiger partial charge in [-0.1, -0.05) is 13.8 Å². The van der Waals surface area contributed by atoms with E-state index in [1.165, 1.54) is 0 Å². The molecule has 1 nitrogen and oxygen atoms in total. The van der Waals surface area contributed by atoms with Gasteiger partial charge in [0.2, 0.25) is 0 Å². The number of hydrogen-bond donors (Lipinski definition) is 0. The van der Waals surface area contributed by atoms with Gasteiger partial charge in [-0.2, -0.15) is 0 Å². The van der Waals surface area contributed by atoms with Gasteiger partial charge in [0.1, 0.15) is 0 Å². The molecule has 0 aliphatic carbocycles. The van der Waals surface area contributed by atoms with Crippen LogP contribution in [-0.2, 0) is 9.52 Å². The molecule has 1 fully saturated rings. The fraction of sp³-hybridized carbons (Fsp3) is 0.857. The predicted molar refractivity (Wildman–Crippen MR) is 43.4 cm³/mol. The van der Waals surface area contributed by atoms with E-state index in [9.17, 15) is 4.21 Å². The van der Waals surface area contributed by atoms with E-state index in [2.05, 4.69) is 19.7 Å². The Morgan fingerprint density at radius 1 is 1.67 bits per heavy atom. The quantitative estimate of drug-likeness (QED) is 0.507. The molecule has 2 unspecified atom stereocenters. The second-order valence-electron chi connectivity index (χ2n) is 3.14. The van der Waals surface area contributed by atoms with Gasteiger partial charge in [0.25, 0.3) is 0 Å². The van der Waals surface area contributed by atoms with Crippen molar-refractivity contribution in [1.29, 1.82) is 0 Å². The lowest BCUT2D eigenvalue weighted by atomic mass is 10.1. The molecule has 1 saturated heterocycles. The number of rotatable bonds is 1. The lowest BCUT2D eigenvalue weighted by molar-refractivity contribution is 0.534. The molecule has 1 aliphatic rings. The van der Waals surface area contributed by atoms with Gasteiger partial charge in [0.05, 0.1) is 0 Å². The Labute approximate surface area is 57.5 Å². The smallest absolute Gasteiger partial charge is 0.0303 e. The van der Waals surface area contributed by atoms with E-state index in [0.29, 0.717) is 11.2 Å². The summed E-state index contributed by atoms with van der Waals surface area (Å²) in [5.74, 6) is 5.12. The third-order valence-electron chi connectivity index (χ3n) is 2.04. The second kappa shape index (κ2) is 2.01. The molecule has 0 aromatic carbocycles. The van der Waals surface area contributed by atoms with Gasteiger partial charge in [-0.05, 0) is 27.7 Å². The van der Waals surface area contributed by atoms with Crippen LogP contribution in [0.15, 0.2) is 0 Å². The normalized spacial score (nSPS) is 42.8. The molecular weight excluding hydrogens is 132 g/mol. The predicted octanol–water partition coefficient (Wildman–Crippen LogP) is 1.13. The van der Waals surface area contributed by atoms with Crippen molar-refractivity contribution in [3.05, 3.63) is 0 Å². The highest BCUT2D eigenvalue weighted by molar-refractivity contribution is 8.02. The van der Waals surface area contributed by atoms with Crippen molar-refractivity contribution >= 4 is 15.4 Å². The topological polar surface area (TPSA) is 17.1 Å². The molecule has 0 aromatic heterocycles. The minimum Gasteiger partial charge on any atom is -0.268 e. The summed E-state index contributed by atoms with van der Waals surface area (Å²) in [5.41, 5.74) is 0. The van der Waals surface area contributed by atoms with Crippen molar-refractivity contribution in [3.63, 3.8) is 0 Å². The van der Waals surface area contributed by atoms with Crippen molar-refractivity contribution in [3.8, 4) is 0 Å². The van der Waals surface area contributed by atoms with Crippen LogP contribution in [-0.4, -0.2) is 21.1 Å². The van der Waals surface area contributed by atoms with Crippen molar-refractivity contribution in [1.82, 2.24) is 0 Å². The van der Waals surface area contributed by atoms with E-state index in [1.54, 1.807) is 0 Å². The van der Waals surface area contributed by atoms with Crippen LogP contribution in [0.3, 0.4) is 0 Å². The molecule has 0 aromatic rings. The summed E-state index contributed by atoms with van der Waals surface area (Å²) in [7, 11) is -1.62. The molecule has 1 rings (SSSR count). The Bertz CT molecular complexity index is 189. The van der Waals surface area contributed by atoms with Crippen LogP contribution in [0.5, 0.6) is 0 Å². The minimum absolute atomic E-state index is 0.414. The van der Waals surface area contributed by atoms with Crippen LogP contribution in [0.1, 0.15) is 20.3 Å². The maximum absolute atomic E-state index is 11.3. The molecule has 0 spiro atoms. The fourth-order valence-electron chi connectivity index (χ4n) is 1.35. The van der Waals surface area contributed by atoms with Gasteiger partial charge in [-0.15, -0.1) is 0 Å². The van der Waals surface area contributed by atoms with Crippen molar-refractivity contribution in [2.24, 2.45) is 5.92 Å². The minimum atomic E-state index is -1.62. The number of hydrogen-bond acceptors (Lipinski definition) is 1. The standard InChI is InChI=1S/C7H14OS/c1-6(2)7-4-5-9(7,3)8/h6-7H,3-5H2,1-2H3. The molecule has 1 aliphatic heterocycles. The molecule has 2 atom stereocenters. The molecule has 2 heteroatoms. The molecule has 0 bridgehead atoms. The van der Waals surface area contributed by atoms with E-state index in [1.807, 2.05) is 0 Å². The highest BCUT2D eigenvalue weighted by atomic mass is 32.2. The van der Waals surface area contributed by atoms with Crippen LogP contribution in [0.25, 0.3) is 0 Å². The zero-order valence-corrected chi connectivity index (χ0v) is 6.91. The molecule has 54 valence electrons. The van der Waals surface area contributed by atoms with Crippen LogP contribution in [0, 0.1) is 5.92 Å². The van der Waals surface area contributed by atoms with E-state index in [-0.39, 0.29) is 0 Å². The molecule has 0 amide bonds. The molecule has 0 radical (unpaired) electrons. The Hall–Kier alpha value is 0.0200. The third-order valence-corrected chi connectivity index (χ3v) is 4.85. The Morgan fingerprint density at radius 2 is 2.22 bits per heavy atom. The van der Waals surface area contributed by atoms with E-state index < -0.39 is 9.52 Å². The summed E-state index contributed by atoms with van der Waals surface area (Å²) < 4.78 is 11.3. The highest BCUT2D eigenvalue weighted by Gasteiger charge is 2.31. The first kappa shape index (κ1) is 7.13. The zero-order valence-electron chi connectivity index (χ0n) is 6.09. The summed E-state index contributed by atoms with van der Waals surface area (Å²) in [6, 6.07) is 0. The Balaban J connectivity index is 2.67. The first-order valence-corrected chi connectivity index (χ1v) is 5.34. The average Bonchev–Trinajstić information content (AvgIpc) is 1.62. The van der Waals surface area contributed by atoms with Crippen LogP contribution < -0.4 is 0 Å². The van der Waals surface area contributed by atoms with Crippen molar-refractivity contribution in [2.75, 3.05) is 5.75 Å². The Morgan fingerprint density at radius 3 is 2.22 bits per heavy atom. The first-order valence-electron chi connectivity index (χ1n) is 3.38. The van der Waals surface area contributed by atoms with Gasteiger partial charge in [0, 0.05) is 11.0 Å². The fourth-order valence-corrected chi connectivity index (χ4v) is 3.37. The average molecular weight is 146 g/mol. The van der Waals surface area contributed by atoms with Gasteiger partial charge in [-0.25, -0.2) is 0 Å². The molecule has 0 saturated carbocycles. The van der Waals surface area contributed by atoms with Gasteiger partial charge in [0.15, 0.2) is 0 Å². The largest absolute Gasteiger partial charge is 0.268 e. The Kier molecular flexibility index (Phi) is 1.59. The first-order chi connectivity index (χ1) is 4.04. The summed E-state index contributed by atoms with van der Waals surface area (Å²) >= 11 is 0. The van der Waals surface area contributed by atoms with Crippen molar-refractivity contribution < 1.29 is 4.21 Å². The monoisotopic (exact) mass is 146 g/mol. The van der Waals surface area contributed by atoms with E-state index >= 15 is 0 Å². The summed E-state index contributed by atoms with van der Waals surface area (Å²) in [4.78, 5) is 0. The van der Waals surface area contributed by atoms with Crippen LogP contribution in [0.2, 0.25) is 0 Å². The lowest BCUT2D eigenvalue weighted by Gasteiger charge is -2.33. The summed E-state index contributed by atoms with van der Waals surface area (Å²) in [6.45, 7) is 4.24. The summed E-state index contributed by atoms with van der Waals surface area (Å²) in [6.07, 6.45) is 1.12. The maximum Gasteiger partial charge on any atom is 0.0303 e. The molecule has 1 heterocycles.